The first-order valence-electron chi connectivity index (χ1n) is 37.3. The number of rotatable bonds is 37. The summed E-state index contributed by atoms with van der Waals surface area (Å²) in [6.07, 6.45) is 5.31. The van der Waals surface area contributed by atoms with Crippen LogP contribution < -0.4 is 64.1 Å². The molecule has 2 aromatic rings. The van der Waals surface area contributed by atoms with Crippen LogP contribution in [0.2, 0.25) is 0 Å². The number of aromatic hydroxyl groups is 1. The number of phenolic OH excluding ortho intramolecular Hbond substituents is 1. The number of benzene rings is 2. The van der Waals surface area contributed by atoms with Gasteiger partial charge in [-0.05, 0) is 112 Å². The van der Waals surface area contributed by atoms with Crippen molar-refractivity contribution in [1.82, 2.24) is 52.8 Å². The lowest BCUT2D eigenvalue weighted by molar-refractivity contribution is -0.144. The summed E-state index contributed by atoms with van der Waals surface area (Å²) in [6.45, 7) is 9.70. The second-order valence-corrected chi connectivity index (χ2v) is 28.1. The monoisotopic (exact) mass is 1490 g/mol. The van der Waals surface area contributed by atoms with E-state index in [0.29, 0.717) is 24.8 Å². The average Bonchev–Trinajstić information content (AvgIpc) is 1.48. The molecule has 32 nitrogen and oxygen atoms in total. The van der Waals surface area contributed by atoms with E-state index in [1.54, 1.807) is 27.7 Å². The molecule has 0 radical (unpaired) electrons. The van der Waals surface area contributed by atoms with Crippen LogP contribution in [0.5, 0.6) is 11.5 Å². The highest BCUT2D eigenvalue weighted by molar-refractivity contribution is 6.00. The number of fused-ring (bicyclic) bond motifs is 23. The van der Waals surface area contributed by atoms with Crippen LogP contribution in [-0.2, 0) is 80.0 Å². The minimum absolute atomic E-state index is 0.0230. The Morgan fingerprint density at radius 3 is 1.72 bits per heavy atom. The highest BCUT2D eigenvalue weighted by atomic mass is 16.5. The molecule has 1 saturated heterocycles. The van der Waals surface area contributed by atoms with E-state index in [1.165, 1.54) is 80.6 Å². The summed E-state index contributed by atoms with van der Waals surface area (Å²) < 4.78 is 5.83. The number of phenols is 1. The van der Waals surface area contributed by atoms with E-state index in [4.69, 9.17) is 16.2 Å². The molecule has 2 bridgehead atoms. The van der Waals surface area contributed by atoms with E-state index in [-0.39, 0.29) is 62.3 Å². The van der Waals surface area contributed by atoms with Gasteiger partial charge in [-0.1, -0.05) is 136 Å². The van der Waals surface area contributed by atoms with Gasteiger partial charge in [0.25, 0.3) is 0 Å². The first-order chi connectivity index (χ1) is 50.3. The van der Waals surface area contributed by atoms with E-state index in [2.05, 4.69) is 54.8 Å². The Morgan fingerprint density at radius 2 is 1.14 bits per heavy atom. The number of esters is 1. The molecule has 0 aromatic heterocycles. The predicted molar refractivity (Wildman–Crippen MR) is 388 cm³/mol. The number of hydrogen-bond acceptors (Lipinski definition) is 19. The minimum Gasteiger partial charge on any atom is -0.508 e. The molecule has 18 N–H and O–H groups in total. The van der Waals surface area contributed by atoms with E-state index in [1.807, 2.05) is 0 Å². The van der Waals surface area contributed by atoms with Crippen molar-refractivity contribution in [3.8, 4) is 11.5 Å². The fourth-order valence-electron chi connectivity index (χ4n) is 12.4. The molecule has 3 heterocycles. The lowest BCUT2D eigenvalue weighted by Gasteiger charge is -2.32. The summed E-state index contributed by atoms with van der Waals surface area (Å²) in [7, 11) is 0. The third kappa shape index (κ3) is 31.4. The maximum absolute atomic E-state index is 14.9. The van der Waals surface area contributed by atoms with Gasteiger partial charge in [-0.25, -0.2) is 4.79 Å². The molecule has 32 heteroatoms. The fourth-order valence-corrected chi connectivity index (χ4v) is 12.4. The Kier molecular flexibility index (Phi) is 39.2. The molecule has 3 aliphatic heterocycles. The smallest absolute Gasteiger partial charge is 0.334 e. The SMILES string of the molecule is CCCCCCCCCCCCC[C@@H](O)CC(=O)N[C@@H](CCC(=O)O)C(=O)N[C@H](CCCN)C(=O)N[C@H]1Cc2ccc(cc2)OC(=O)[C@H]([C@@H](C)CC)NC(=O)[C@@H](Cc2ccc(O)cc2)NC(=O)[C@H](CCC(N)=O)NC(=O)[C@@H]2CCCN2C(=O)[C@@H](C(C)C)NC(=O)[C@H](CCC(=O)O)NC(=O)[C@@H]([C@@H](C)O)NC1=O. The maximum Gasteiger partial charge on any atom is 0.334 e. The number of primary amides is 1. The molecule has 590 valence electrons. The van der Waals surface area contributed by atoms with Gasteiger partial charge in [0.05, 0.1) is 18.6 Å². The molecule has 1 fully saturated rings. The maximum atomic E-state index is 14.9. The van der Waals surface area contributed by atoms with E-state index in [9.17, 15) is 92.7 Å². The Labute approximate surface area is 619 Å². The van der Waals surface area contributed by atoms with Crippen molar-refractivity contribution >= 4 is 82.9 Å². The molecule has 11 amide bonds. The van der Waals surface area contributed by atoms with Crippen molar-refractivity contribution in [2.24, 2.45) is 23.3 Å². The number of aliphatic hydroxyl groups excluding tert-OH is 2. The number of nitrogens with zero attached hydrogens (tertiary/aromatic N) is 1. The number of carboxylic acid groups (broad SMARTS) is 2. The Morgan fingerprint density at radius 1 is 0.594 bits per heavy atom. The van der Waals surface area contributed by atoms with Crippen molar-refractivity contribution in [2.45, 2.75) is 281 Å². The number of unbranched alkanes of at least 4 members (excludes halogenated alkanes) is 10. The number of nitrogens with one attached hydrogen (secondary N) is 9. The first-order valence-corrected chi connectivity index (χ1v) is 37.3. The lowest BCUT2D eigenvalue weighted by Crippen LogP contribution is -2.62. The van der Waals surface area contributed by atoms with Crippen LogP contribution in [0.1, 0.15) is 207 Å². The summed E-state index contributed by atoms with van der Waals surface area (Å²) in [5.74, 6) is -16.1. The zero-order chi connectivity index (χ0) is 78.6. The highest BCUT2D eigenvalue weighted by Crippen LogP contribution is 2.24. The standard InChI is InChI=1S/C74H114N12O20/c1-7-9-10-11-12-13-14-15-16-17-18-21-49(89)42-59(91)77-52(33-36-60(92)93)66(97)78-51(22-19-38-75)65(96)81-56-41-47-26-30-50(31-27-47)106-74(105)63(44(5)8-2)84-69(100)55(40-46-24-28-48(88)29-25-46)82-67(98)53(32-35-58(76)90)79-71(102)57-23-20-39-86(57)73(104)62(43(3)4)83-68(99)54(34-37-61(94)95)80-72(103)64(45(6)87)85-70(56)101/h24-31,43-45,49,51-57,62-64,87-89H,7-23,32-42,75H2,1-6H3,(H2,76,90)(H,77,91)(H,78,97)(H,79,102)(H,80,103)(H,81,96)(H,82,98)(H,83,99)(H,84,100)(H,85,101)(H,92,93)(H,94,95)/t44-,45+,49+,51+,52-,53-,54-,55+,56-,57-,62+,63-,64+/m0/s1. The molecular weight excluding hydrogens is 1380 g/mol. The van der Waals surface area contributed by atoms with Gasteiger partial charge in [0.1, 0.15) is 71.9 Å². The fraction of sp³-hybridized carbons (Fsp3) is 0.649. The Hall–Kier alpha value is -9.30. The quantitative estimate of drug-likeness (QED) is 0.0198. The van der Waals surface area contributed by atoms with Crippen LogP contribution >= 0.6 is 0 Å². The van der Waals surface area contributed by atoms with Gasteiger partial charge in [0.15, 0.2) is 0 Å². The van der Waals surface area contributed by atoms with E-state index >= 15 is 0 Å². The minimum atomic E-state index is -1.99. The zero-order valence-electron chi connectivity index (χ0n) is 62.0. The first kappa shape index (κ1) is 89.1. The van der Waals surface area contributed by atoms with Crippen LogP contribution in [0, 0.1) is 11.8 Å². The molecule has 106 heavy (non-hydrogen) atoms. The second-order valence-electron chi connectivity index (χ2n) is 28.1. The highest BCUT2D eigenvalue weighted by Gasteiger charge is 2.43. The van der Waals surface area contributed by atoms with E-state index in [0.717, 1.165) is 43.9 Å². The topological polar surface area (TPSA) is 513 Å². The molecule has 0 saturated carbocycles. The van der Waals surface area contributed by atoms with Gasteiger partial charge in [-0.15, -0.1) is 0 Å². The van der Waals surface area contributed by atoms with Crippen LogP contribution in [-0.4, -0.2) is 199 Å². The van der Waals surface area contributed by atoms with Gasteiger partial charge in [0.2, 0.25) is 65.0 Å². The number of amides is 11. The molecule has 0 unspecified atom stereocenters. The lowest BCUT2D eigenvalue weighted by atomic mass is 9.97. The Balaban J connectivity index is 1.78. The number of aliphatic hydroxyl groups is 2. The van der Waals surface area contributed by atoms with Gasteiger partial charge >= 0.3 is 17.9 Å². The number of carbonyl (C=O) groups excluding carboxylic acids is 12. The van der Waals surface area contributed by atoms with Gasteiger partial charge in [0, 0.05) is 38.6 Å². The van der Waals surface area contributed by atoms with Crippen molar-refractivity contribution < 1.29 is 97.4 Å². The molecule has 5 rings (SSSR count). The third-order valence-electron chi connectivity index (χ3n) is 18.9. The normalized spacial score (nSPS) is 21.8. The van der Waals surface area contributed by atoms with E-state index < -0.39 is 219 Å². The summed E-state index contributed by atoms with van der Waals surface area (Å²) in [4.78, 5) is 196. The van der Waals surface area contributed by atoms with Crippen LogP contribution in [0.3, 0.4) is 0 Å². The molecule has 3 aliphatic rings. The van der Waals surface area contributed by atoms with Gasteiger partial charge in [-0.2, -0.15) is 0 Å². The summed E-state index contributed by atoms with van der Waals surface area (Å²) >= 11 is 0. The number of carbonyl (C=O) groups is 14. The number of hydrogen-bond donors (Lipinski definition) is 16. The zero-order valence-corrected chi connectivity index (χ0v) is 62.0. The average molecular weight is 1490 g/mol. The molecule has 2 aromatic carbocycles. The number of aliphatic carboxylic acids is 2. The second kappa shape index (κ2) is 46.6. The van der Waals surface area contributed by atoms with Gasteiger partial charge < -0.3 is 94.5 Å². The third-order valence-corrected chi connectivity index (χ3v) is 18.9. The van der Waals surface area contributed by atoms with Crippen molar-refractivity contribution in [1.29, 1.82) is 0 Å². The van der Waals surface area contributed by atoms with Crippen molar-refractivity contribution in [3.05, 3.63) is 59.7 Å². The summed E-state index contributed by atoms with van der Waals surface area (Å²) in [5.41, 5.74) is 12.1. The molecule has 0 spiro atoms. The summed E-state index contributed by atoms with van der Waals surface area (Å²) in [6, 6.07) is -4.87. The Bertz CT molecular complexity index is 3250. The number of carboxylic acids is 2. The van der Waals surface area contributed by atoms with Crippen molar-refractivity contribution in [2.75, 3.05) is 13.1 Å². The number of nitrogens with two attached hydrogens (primary N) is 2. The van der Waals surface area contributed by atoms with Crippen LogP contribution in [0.4, 0.5) is 0 Å². The van der Waals surface area contributed by atoms with Crippen LogP contribution in [0.15, 0.2) is 48.5 Å². The van der Waals surface area contributed by atoms with Crippen LogP contribution in [0.25, 0.3) is 0 Å². The molecule has 0 aliphatic carbocycles. The molecular formula is C74H114N12O20. The number of ether oxygens (including phenoxy) is 1. The van der Waals surface area contributed by atoms with Gasteiger partial charge in [-0.3, -0.25) is 62.3 Å². The summed E-state index contributed by atoms with van der Waals surface area (Å²) in [5, 5.41) is 74.6. The largest absolute Gasteiger partial charge is 0.508 e. The predicted octanol–water partition coefficient (Wildman–Crippen LogP) is 1.72. The van der Waals surface area contributed by atoms with Crippen molar-refractivity contribution in [3.63, 3.8) is 0 Å². The molecule has 13 atom stereocenters.